The molecule has 0 amide bonds. The van der Waals surface area contributed by atoms with Gasteiger partial charge in [-0.3, -0.25) is 0 Å². The second-order valence-electron chi connectivity index (χ2n) is 4.79. The van der Waals surface area contributed by atoms with Gasteiger partial charge in [0.1, 0.15) is 5.82 Å². The average Bonchev–Trinajstić information content (AvgIpc) is 2.28. The highest BCUT2D eigenvalue weighted by Gasteiger charge is 2.41. The third kappa shape index (κ3) is 2.41. The van der Waals surface area contributed by atoms with Gasteiger partial charge in [-0.15, -0.1) is 0 Å². The van der Waals surface area contributed by atoms with E-state index in [2.05, 4.69) is 5.32 Å². The molecule has 0 spiro atoms. The van der Waals surface area contributed by atoms with E-state index in [1.165, 1.54) is 22.7 Å². The molecular weight excluding hydrogens is 255 g/mol. The topological polar surface area (TPSA) is 49.4 Å². The lowest BCUT2D eigenvalue weighted by molar-refractivity contribution is 0.167. The van der Waals surface area contributed by atoms with E-state index in [1.807, 2.05) is 6.92 Å². The molecular formula is C12H17FN2O2S. The van der Waals surface area contributed by atoms with Gasteiger partial charge in [-0.25, -0.2) is 12.8 Å². The second kappa shape index (κ2) is 4.60. The van der Waals surface area contributed by atoms with Crippen LogP contribution in [-0.2, 0) is 15.6 Å². The number of sulfonamides is 1. The minimum absolute atomic E-state index is 0.322. The number of hydrogen-bond donors (Lipinski definition) is 1. The van der Waals surface area contributed by atoms with Gasteiger partial charge in [0.25, 0.3) is 0 Å². The van der Waals surface area contributed by atoms with Gasteiger partial charge >= 0.3 is 0 Å². The molecule has 18 heavy (non-hydrogen) atoms. The summed E-state index contributed by atoms with van der Waals surface area (Å²) in [6.07, 6.45) is 1.21. The van der Waals surface area contributed by atoms with E-state index >= 15 is 0 Å². The number of hydrogen-bond acceptors (Lipinski definition) is 3. The Morgan fingerprint density at radius 1 is 1.33 bits per heavy atom. The van der Waals surface area contributed by atoms with E-state index in [0.29, 0.717) is 19.6 Å². The summed E-state index contributed by atoms with van der Waals surface area (Å²) in [6.45, 7) is 3.43. The molecule has 0 aromatic heterocycles. The molecule has 0 unspecified atom stereocenters. The fourth-order valence-corrected chi connectivity index (χ4v) is 3.76. The molecule has 1 aromatic carbocycles. The quantitative estimate of drug-likeness (QED) is 0.870. The third-order valence-corrected chi connectivity index (χ3v) is 4.76. The molecule has 0 bridgehead atoms. The maximum absolute atomic E-state index is 13.0. The molecule has 0 radical (unpaired) electrons. The van der Waals surface area contributed by atoms with Crippen molar-refractivity contribution >= 4 is 10.0 Å². The van der Waals surface area contributed by atoms with E-state index in [4.69, 9.17) is 0 Å². The maximum Gasteiger partial charge on any atom is 0.212 e. The Hall–Kier alpha value is -0.980. The van der Waals surface area contributed by atoms with Crippen molar-refractivity contribution in [2.45, 2.75) is 12.5 Å². The van der Waals surface area contributed by atoms with Gasteiger partial charge in [-0.1, -0.05) is 12.1 Å². The van der Waals surface area contributed by atoms with Crippen LogP contribution >= 0.6 is 0 Å². The van der Waals surface area contributed by atoms with Gasteiger partial charge in [0, 0.05) is 19.6 Å². The van der Waals surface area contributed by atoms with Gasteiger partial charge in [-0.2, -0.15) is 4.31 Å². The Morgan fingerprint density at radius 2 is 1.94 bits per heavy atom. The van der Waals surface area contributed by atoms with Crippen LogP contribution in [0.3, 0.4) is 0 Å². The highest BCUT2D eigenvalue weighted by molar-refractivity contribution is 7.88. The van der Waals surface area contributed by atoms with E-state index in [9.17, 15) is 12.8 Å². The summed E-state index contributed by atoms with van der Waals surface area (Å²) in [5, 5.41) is 3.19. The molecule has 100 valence electrons. The first-order valence-corrected chi connectivity index (χ1v) is 7.63. The van der Waals surface area contributed by atoms with Crippen LogP contribution in [0, 0.1) is 5.82 Å². The molecule has 6 heteroatoms. The number of nitrogens with zero attached hydrogens (tertiary/aromatic N) is 1. The minimum Gasteiger partial charge on any atom is -0.313 e. The first-order valence-electron chi connectivity index (χ1n) is 5.78. The first kappa shape index (κ1) is 13.5. The summed E-state index contributed by atoms with van der Waals surface area (Å²) in [5.41, 5.74) is 0.126. The van der Waals surface area contributed by atoms with Crippen molar-refractivity contribution in [3.05, 3.63) is 35.6 Å². The Bertz CT molecular complexity index is 530. The van der Waals surface area contributed by atoms with Gasteiger partial charge < -0.3 is 5.32 Å². The zero-order valence-corrected chi connectivity index (χ0v) is 11.3. The first-order chi connectivity index (χ1) is 8.34. The smallest absolute Gasteiger partial charge is 0.212 e. The summed E-state index contributed by atoms with van der Waals surface area (Å²) in [4.78, 5) is 0. The van der Waals surface area contributed by atoms with Gasteiger partial charge in [-0.05, 0) is 24.6 Å². The van der Waals surface area contributed by atoms with E-state index in [1.54, 1.807) is 12.1 Å². The Balaban J connectivity index is 2.45. The van der Waals surface area contributed by atoms with Crippen molar-refractivity contribution in [1.82, 2.24) is 9.62 Å². The molecule has 1 atom stereocenters. The summed E-state index contributed by atoms with van der Waals surface area (Å²) in [5.74, 6) is -0.322. The molecule has 1 fully saturated rings. The predicted octanol–water partition coefficient (Wildman–Crippen LogP) is 0.906. The summed E-state index contributed by atoms with van der Waals surface area (Å²) in [6, 6.07) is 5.99. The Kier molecular flexibility index (Phi) is 3.44. The normalized spacial score (nSPS) is 26.2. The lowest BCUT2D eigenvalue weighted by atomic mass is 9.90. The summed E-state index contributed by atoms with van der Waals surface area (Å²) in [7, 11) is -3.29. The number of piperazine rings is 1. The van der Waals surface area contributed by atoms with E-state index < -0.39 is 15.6 Å². The molecule has 1 heterocycles. The van der Waals surface area contributed by atoms with Crippen LogP contribution in [0.1, 0.15) is 12.5 Å². The fourth-order valence-electron chi connectivity index (χ4n) is 2.43. The highest BCUT2D eigenvalue weighted by Crippen LogP contribution is 2.31. The lowest BCUT2D eigenvalue weighted by Crippen LogP contribution is -2.59. The molecule has 1 aliphatic heterocycles. The van der Waals surface area contributed by atoms with E-state index in [-0.39, 0.29) is 5.82 Å². The van der Waals surface area contributed by atoms with Crippen molar-refractivity contribution in [1.29, 1.82) is 0 Å². The van der Waals surface area contributed by atoms with Crippen LogP contribution in [-0.4, -0.2) is 38.6 Å². The predicted molar refractivity (Wildman–Crippen MR) is 68.2 cm³/mol. The van der Waals surface area contributed by atoms with Gasteiger partial charge in [0.15, 0.2) is 0 Å². The zero-order chi connectivity index (χ0) is 13.4. The van der Waals surface area contributed by atoms with Crippen molar-refractivity contribution in [3.8, 4) is 0 Å². The van der Waals surface area contributed by atoms with Crippen LogP contribution in [0.15, 0.2) is 24.3 Å². The Labute approximate surface area is 107 Å². The minimum atomic E-state index is -3.29. The number of rotatable bonds is 2. The largest absolute Gasteiger partial charge is 0.313 e. The highest BCUT2D eigenvalue weighted by atomic mass is 32.2. The summed E-state index contributed by atoms with van der Waals surface area (Å²) >= 11 is 0. The molecule has 1 aromatic rings. The molecule has 0 aliphatic carbocycles. The molecule has 1 aliphatic rings. The number of nitrogens with one attached hydrogen (secondary N) is 1. The number of benzene rings is 1. The van der Waals surface area contributed by atoms with Crippen molar-refractivity contribution in [3.63, 3.8) is 0 Å². The zero-order valence-electron chi connectivity index (χ0n) is 10.5. The molecule has 1 saturated heterocycles. The summed E-state index contributed by atoms with van der Waals surface area (Å²) < 4.78 is 38.2. The monoisotopic (exact) mass is 272 g/mol. The molecule has 1 N–H and O–H groups in total. The molecule has 0 saturated carbocycles. The van der Waals surface area contributed by atoms with Crippen LogP contribution in [0.4, 0.5) is 4.39 Å². The standard InChI is InChI=1S/C12H17FN2O2S/c1-12(10-3-5-11(13)6-4-10)9-14-7-8-15(12)18(2,16)17/h3-6,14H,7-9H2,1-2H3/t12-/m0/s1. The average molecular weight is 272 g/mol. The van der Waals surface area contributed by atoms with Crippen LogP contribution in [0.5, 0.6) is 0 Å². The fraction of sp³-hybridized carbons (Fsp3) is 0.500. The van der Waals surface area contributed by atoms with Crippen LogP contribution < -0.4 is 5.32 Å². The number of halogens is 1. The lowest BCUT2D eigenvalue weighted by Gasteiger charge is -2.43. The van der Waals surface area contributed by atoms with Crippen molar-refractivity contribution < 1.29 is 12.8 Å². The molecule has 4 nitrogen and oxygen atoms in total. The van der Waals surface area contributed by atoms with Crippen molar-refractivity contribution in [2.75, 3.05) is 25.9 Å². The SMILES string of the molecule is C[C@@]1(c2ccc(F)cc2)CNCCN1S(C)(=O)=O. The van der Waals surface area contributed by atoms with Gasteiger partial charge in [0.05, 0.1) is 11.8 Å². The van der Waals surface area contributed by atoms with Crippen LogP contribution in [0.25, 0.3) is 0 Å². The van der Waals surface area contributed by atoms with E-state index in [0.717, 1.165) is 5.56 Å². The second-order valence-corrected chi connectivity index (χ2v) is 6.70. The van der Waals surface area contributed by atoms with Gasteiger partial charge in [0.2, 0.25) is 10.0 Å². The van der Waals surface area contributed by atoms with Crippen LogP contribution in [0.2, 0.25) is 0 Å². The van der Waals surface area contributed by atoms with Crippen molar-refractivity contribution in [2.24, 2.45) is 0 Å². The Morgan fingerprint density at radius 3 is 2.50 bits per heavy atom. The molecule has 2 rings (SSSR count). The third-order valence-electron chi connectivity index (χ3n) is 3.38. The maximum atomic E-state index is 13.0.